The standard InChI is InChI=1S/C20H31N3O.ClH/c24-20(19-15-21-16-19)22-10-4-5-11-23-12-8-18(9-13-23)14-17-6-2-1-3-7-17;/h1-3,6-7,18-19,21H,4-5,8-16H2,(H,22,24);1H. The van der Waals surface area contributed by atoms with Gasteiger partial charge in [0.15, 0.2) is 0 Å². The second-order valence-electron chi connectivity index (χ2n) is 7.33. The van der Waals surface area contributed by atoms with Crippen LogP contribution in [0.5, 0.6) is 0 Å². The number of benzene rings is 1. The number of carbonyl (C=O) groups is 1. The first kappa shape index (κ1) is 20.2. The van der Waals surface area contributed by atoms with E-state index < -0.39 is 0 Å². The number of halogens is 1. The topological polar surface area (TPSA) is 44.4 Å². The predicted octanol–water partition coefficient (Wildman–Crippen LogP) is 2.48. The van der Waals surface area contributed by atoms with Crippen molar-refractivity contribution >= 4 is 18.3 Å². The molecule has 2 aliphatic heterocycles. The molecule has 0 saturated carbocycles. The maximum Gasteiger partial charge on any atom is 0.225 e. The van der Waals surface area contributed by atoms with Crippen LogP contribution in [-0.4, -0.2) is 50.1 Å². The van der Waals surface area contributed by atoms with Crippen LogP contribution in [0.2, 0.25) is 0 Å². The zero-order valence-electron chi connectivity index (χ0n) is 15.1. The molecule has 4 nitrogen and oxygen atoms in total. The lowest BCUT2D eigenvalue weighted by atomic mass is 9.90. The summed E-state index contributed by atoms with van der Waals surface area (Å²) in [6, 6.07) is 10.9. The van der Waals surface area contributed by atoms with Gasteiger partial charge in [-0.25, -0.2) is 0 Å². The summed E-state index contributed by atoms with van der Waals surface area (Å²) in [4.78, 5) is 14.3. The molecule has 25 heavy (non-hydrogen) atoms. The highest BCUT2D eigenvalue weighted by Crippen LogP contribution is 2.21. The molecule has 2 aliphatic rings. The molecule has 1 aromatic carbocycles. The van der Waals surface area contributed by atoms with Gasteiger partial charge in [0, 0.05) is 19.6 Å². The Morgan fingerprint density at radius 2 is 1.84 bits per heavy atom. The summed E-state index contributed by atoms with van der Waals surface area (Å²) in [5, 5.41) is 6.20. The van der Waals surface area contributed by atoms with Crippen LogP contribution in [0.25, 0.3) is 0 Å². The van der Waals surface area contributed by atoms with E-state index in [1.54, 1.807) is 0 Å². The minimum atomic E-state index is 0. The van der Waals surface area contributed by atoms with Crippen LogP contribution in [0.1, 0.15) is 31.2 Å². The Balaban J connectivity index is 0.00000225. The highest BCUT2D eigenvalue weighted by molar-refractivity contribution is 5.85. The smallest absolute Gasteiger partial charge is 0.225 e. The summed E-state index contributed by atoms with van der Waals surface area (Å²) >= 11 is 0. The van der Waals surface area contributed by atoms with E-state index in [-0.39, 0.29) is 24.2 Å². The minimum absolute atomic E-state index is 0. The molecule has 0 unspecified atom stereocenters. The first-order valence-electron chi connectivity index (χ1n) is 9.56. The Morgan fingerprint density at radius 1 is 1.12 bits per heavy atom. The zero-order valence-corrected chi connectivity index (χ0v) is 15.9. The molecule has 0 aromatic heterocycles. The fourth-order valence-corrected chi connectivity index (χ4v) is 3.65. The number of unbranched alkanes of at least 4 members (excludes halogenated alkanes) is 1. The molecule has 0 bridgehead atoms. The number of hydrogen-bond acceptors (Lipinski definition) is 3. The van der Waals surface area contributed by atoms with Crippen molar-refractivity contribution in [3.05, 3.63) is 35.9 Å². The van der Waals surface area contributed by atoms with E-state index in [0.717, 1.165) is 32.0 Å². The molecule has 0 radical (unpaired) electrons. The van der Waals surface area contributed by atoms with E-state index in [0.29, 0.717) is 0 Å². The van der Waals surface area contributed by atoms with Crippen molar-refractivity contribution in [1.29, 1.82) is 0 Å². The van der Waals surface area contributed by atoms with E-state index >= 15 is 0 Å². The van der Waals surface area contributed by atoms with Crippen molar-refractivity contribution < 1.29 is 4.79 Å². The van der Waals surface area contributed by atoms with Crippen molar-refractivity contribution in [2.24, 2.45) is 11.8 Å². The first-order chi connectivity index (χ1) is 11.8. The molecule has 3 rings (SSSR count). The summed E-state index contributed by atoms with van der Waals surface area (Å²) in [5.41, 5.74) is 1.48. The predicted molar refractivity (Wildman–Crippen MR) is 105 cm³/mol. The number of amides is 1. The van der Waals surface area contributed by atoms with Crippen LogP contribution >= 0.6 is 12.4 Å². The van der Waals surface area contributed by atoms with Crippen LogP contribution in [0.3, 0.4) is 0 Å². The average Bonchev–Trinajstić information content (AvgIpc) is 2.55. The van der Waals surface area contributed by atoms with Crippen molar-refractivity contribution in [2.45, 2.75) is 32.1 Å². The number of piperidine rings is 1. The van der Waals surface area contributed by atoms with Gasteiger partial charge in [-0.2, -0.15) is 0 Å². The van der Waals surface area contributed by atoms with Crippen LogP contribution in [0, 0.1) is 11.8 Å². The molecule has 1 amide bonds. The Kier molecular flexibility index (Phi) is 8.73. The van der Waals surface area contributed by atoms with Crippen LogP contribution in [-0.2, 0) is 11.2 Å². The summed E-state index contributed by atoms with van der Waals surface area (Å²) in [6.07, 6.45) is 6.15. The Labute approximate surface area is 158 Å². The summed E-state index contributed by atoms with van der Waals surface area (Å²) in [7, 11) is 0. The van der Waals surface area contributed by atoms with Gasteiger partial charge in [-0.1, -0.05) is 30.3 Å². The van der Waals surface area contributed by atoms with Gasteiger partial charge < -0.3 is 15.5 Å². The number of nitrogens with one attached hydrogen (secondary N) is 2. The second kappa shape index (κ2) is 10.8. The van der Waals surface area contributed by atoms with Crippen molar-refractivity contribution in [3.8, 4) is 0 Å². The number of likely N-dealkylation sites (tertiary alicyclic amines) is 1. The van der Waals surface area contributed by atoms with E-state index in [2.05, 4.69) is 45.9 Å². The fraction of sp³-hybridized carbons (Fsp3) is 0.650. The van der Waals surface area contributed by atoms with Crippen molar-refractivity contribution in [3.63, 3.8) is 0 Å². The maximum absolute atomic E-state index is 11.7. The van der Waals surface area contributed by atoms with Gasteiger partial charge in [-0.15, -0.1) is 12.4 Å². The summed E-state index contributed by atoms with van der Waals surface area (Å²) in [6.45, 7) is 6.18. The second-order valence-corrected chi connectivity index (χ2v) is 7.33. The molecule has 5 heteroatoms. The van der Waals surface area contributed by atoms with E-state index in [1.807, 2.05) is 0 Å². The molecule has 140 valence electrons. The number of rotatable bonds is 8. The molecule has 2 heterocycles. The van der Waals surface area contributed by atoms with Gasteiger partial charge >= 0.3 is 0 Å². The lowest BCUT2D eigenvalue weighted by Crippen LogP contribution is -2.50. The normalized spacial score (nSPS) is 19.0. The van der Waals surface area contributed by atoms with E-state index in [9.17, 15) is 4.79 Å². The van der Waals surface area contributed by atoms with Gasteiger partial charge in [0.25, 0.3) is 0 Å². The van der Waals surface area contributed by atoms with Crippen molar-refractivity contribution in [2.75, 3.05) is 39.3 Å². The van der Waals surface area contributed by atoms with E-state index in [4.69, 9.17) is 0 Å². The Bertz CT molecular complexity index is 499. The van der Waals surface area contributed by atoms with Crippen LogP contribution in [0.4, 0.5) is 0 Å². The lowest BCUT2D eigenvalue weighted by Gasteiger charge is -2.32. The quantitative estimate of drug-likeness (QED) is 0.695. The molecular formula is C20H32ClN3O. The molecular weight excluding hydrogens is 334 g/mol. The lowest BCUT2D eigenvalue weighted by molar-refractivity contribution is -0.126. The highest BCUT2D eigenvalue weighted by Gasteiger charge is 2.24. The third kappa shape index (κ3) is 6.61. The number of hydrogen-bond donors (Lipinski definition) is 2. The summed E-state index contributed by atoms with van der Waals surface area (Å²) < 4.78 is 0. The number of carbonyl (C=O) groups excluding carboxylic acids is 1. The molecule has 0 spiro atoms. The summed E-state index contributed by atoms with van der Waals surface area (Å²) in [5.74, 6) is 1.29. The van der Waals surface area contributed by atoms with Gasteiger partial charge in [-0.3, -0.25) is 4.79 Å². The third-order valence-corrected chi connectivity index (χ3v) is 5.43. The third-order valence-electron chi connectivity index (χ3n) is 5.43. The SMILES string of the molecule is Cl.O=C(NCCCCN1CCC(Cc2ccccc2)CC1)C1CNC1. The molecule has 2 fully saturated rings. The Morgan fingerprint density at radius 3 is 2.48 bits per heavy atom. The largest absolute Gasteiger partial charge is 0.356 e. The van der Waals surface area contributed by atoms with Gasteiger partial charge in [0.1, 0.15) is 0 Å². The van der Waals surface area contributed by atoms with Crippen LogP contribution in [0.15, 0.2) is 30.3 Å². The van der Waals surface area contributed by atoms with E-state index in [1.165, 1.54) is 50.9 Å². The molecule has 1 aromatic rings. The van der Waals surface area contributed by atoms with Crippen LogP contribution < -0.4 is 10.6 Å². The highest BCUT2D eigenvalue weighted by atomic mass is 35.5. The molecule has 2 saturated heterocycles. The van der Waals surface area contributed by atoms with Gasteiger partial charge in [-0.05, 0) is 63.2 Å². The molecule has 2 N–H and O–H groups in total. The monoisotopic (exact) mass is 365 g/mol. The average molecular weight is 366 g/mol. The fourth-order valence-electron chi connectivity index (χ4n) is 3.65. The Hall–Kier alpha value is -1.10. The van der Waals surface area contributed by atoms with Gasteiger partial charge in [0.05, 0.1) is 5.92 Å². The van der Waals surface area contributed by atoms with Gasteiger partial charge in [0.2, 0.25) is 5.91 Å². The number of nitrogens with zero attached hydrogens (tertiary/aromatic N) is 1. The molecule has 0 aliphatic carbocycles. The van der Waals surface area contributed by atoms with Crippen molar-refractivity contribution in [1.82, 2.24) is 15.5 Å². The maximum atomic E-state index is 11.7. The first-order valence-corrected chi connectivity index (χ1v) is 9.56. The minimum Gasteiger partial charge on any atom is -0.356 e. The molecule has 0 atom stereocenters. The zero-order chi connectivity index (χ0) is 16.6.